The van der Waals surface area contributed by atoms with Gasteiger partial charge < -0.3 is 10.2 Å². The van der Waals surface area contributed by atoms with Crippen LogP contribution >= 0.6 is 0 Å². The van der Waals surface area contributed by atoms with Crippen LogP contribution < -0.4 is 5.32 Å². The number of nitrogens with one attached hydrogen (secondary N) is 1. The normalized spacial score (nSPS) is 11.8. The molecular weight excluding hydrogens is 360 g/mol. The molecule has 0 heterocycles. The van der Waals surface area contributed by atoms with E-state index < -0.39 is 0 Å². The highest BCUT2D eigenvalue weighted by molar-refractivity contribution is 6.09. The van der Waals surface area contributed by atoms with Crippen LogP contribution in [0.15, 0.2) is 84.9 Å². The second-order valence-electron chi connectivity index (χ2n) is 7.29. The fourth-order valence-corrected chi connectivity index (χ4v) is 3.17. The van der Waals surface area contributed by atoms with Gasteiger partial charge in [-0.2, -0.15) is 0 Å². The highest BCUT2D eigenvalue weighted by Crippen LogP contribution is 2.12. The van der Waals surface area contributed by atoms with E-state index in [2.05, 4.69) is 22.3 Å². The summed E-state index contributed by atoms with van der Waals surface area (Å²) in [5.74, 6) is -0.184. The molecule has 29 heavy (non-hydrogen) atoms. The minimum absolute atomic E-state index is 0.0481. The van der Waals surface area contributed by atoms with Gasteiger partial charge in [-0.05, 0) is 38.2 Å². The average molecular weight is 386 g/mol. The predicted molar refractivity (Wildman–Crippen MR) is 116 cm³/mol. The fourth-order valence-electron chi connectivity index (χ4n) is 3.17. The number of rotatable bonds is 8. The van der Waals surface area contributed by atoms with E-state index in [0.717, 1.165) is 6.42 Å². The van der Waals surface area contributed by atoms with Crippen LogP contribution in [0.3, 0.4) is 0 Å². The molecule has 0 radical (unpaired) electrons. The first-order valence-electron chi connectivity index (χ1n) is 9.73. The van der Waals surface area contributed by atoms with Crippen LogP contribution in [0.25, 0.3) is 0 Å². The first-order valence-corrected chi connectivity index (χ1v) is 9.73. The minimum atomic E-state index is -0.136. The van der Waals surface area contributed by atoms with Crippen LogP contribution in [0.5, 0.6) is 0 Å². The molecule has 0 fully saturated rings. The van der Waals surface area contributed by atoms with Gasteiger partial charge in [0.2, 0.25) is 0 Å². The molecule has 0 bridgehead atoms. The Morgan fingerprint density at radius 3 is 1.86 bits per heavy atom. The van der Waals surface area contributed by atoms with E-state index in [1.54, 1.807) is 36.4 Å². The van der Waals surface area contributed by atoms with E-state index in [0.29, 0.717) is 23.2 Å². The van der Waals surface area contributed by atoms with Crippen molar-refractivity contribution in [3.05, 3.63) is 107 Å². The summed E-state index contributed by atoms with van der Waals surface area (Å²) in [5, 5.41) is 3.02. The molecule has 148 valence electrons. The van der Waals surface area contributed by atoms with Gasteiger partial charge in [-0.1, -0.05) is 72.8 Å². The van der Waals surface area contributed by atoms with Gasteiger partial charge in [0.05, 0.1) is 0 Å². The lowest BCUT2D eigenvalue weighted by Crippen LogP contribution is -2.41. The molecule has 3 aromatic carbocycles. The van der Waals surface area contributed by atoms with Crippen LogP contribution in [0.4, 0.5) is 0 Å². The molecule has 0 aromatic heterocycles. The second-order valence-corrected chi connectivity index (χ2v) is 7.29. The number of likely N-dealkylation sites (N-methyl/N-ethyl adjacent to an activating group) is 1. The molecule has 3 aromatic rings. The smallest absolute Gasteiger partial charge is 0.251 e. The molecule has 0 spiro atoms. The van der Waals surface area contributed by atoms with Crippen molar-refractivity contribution in [1.29, 1.82) is 0 Å². The van der Waals surface area contributed by atoms with Crippen molar-refractivity contribution < 1.29 is 9.59 Å². The summed E-state index contributed by atoms with van der Waals surface area (Å²) < 4.78 is 0. The van der Waals surface area contributed by atoms with Crippen molar-refractivity contribution in [2.24, 2.45) is 0 Å². The lowest BCUT2D eigenvalue weighted by Gasteiger charge is -2.24. The molecule has 0 saturated carbocycles. The molecule has 4 nitrogen and oxygen atoms in total. The number of nitrogens with zero attached hydrogens (tertiary/aromatic N) is 1. The maximum absolute atomic E-state index is 12.6. The quantitative estimate of drug-likeness (QED) is 0.599. The Balaban J connectivity index is 1.60. The molecule has 0 aliphatic rings. The zero-order chi connectivity index (χ0) is 20.6. The van der Waals surface area contributed by atoms with E-state index in [4.69, 9.17) is 0 Å². The molecule has 0 aliphatic carbocycles. The Labute approximate surface area is 172 Å². The van der Waals surface area contributed by atoms with Crippen molar-refractivity contribution in [3.8, 4) is 0 Å². The van der Waals surface area contributed by atoms with Crippen molar-refractivity contribution >= 4 is 11.7 Å². The topological polar surface area (TPSA) is 49.4 Å². The van der Waals surface area contributed by atoms with Gasteiger partial charge in [0.1, 0.15) is 0 Å². The van der Waals surface area contributed by atoms with Crippen LogP contribution in [0.1, 0.15) is 31.8 Å². The molecular formula is C25H26N2O2. The predicted octanol–water partition coefficient (Wildman–Crippen LogP) is 3.82. The Hall–Kier alpha value is -3.24. The number of carbonyl (C=O) groups is 2. The Bertz CT molecular complexity index is 936. The Kier molecular flexibility index (Phi) is 6.93. The molecule has 1 atom stereocenters. The summed E-state index contributed by atoms with van der Waals surface area (Å²) in [7, 11) is 4.04. The first-order chi connectivity index (χ1) is 14.0. The summed E-state index contributed by atoms with van der Waals surface area (Å²) >= 11 is 0. The lowest BCUT2D eigenvalue weighted by molar-refractivity contribution is 0.0940. The van der Waals surface area contributed by atoms with Gasteiger partial charge in [-0.3, -0.25) is 9.59 Å². The van der Waals surface area contributed by atoms with E-state index in [1.807, 2.05) is 50.5 Å². The molecule has 1 N–H and O–H groups in total. The van der Waals surface area contributed by atoms with Gasteiger partial charge in [0, 0.05) is 29.3 Å². The third kappa shape index (κ3) is 5.62. The third-order valence-electron chi connectivity index (χ3n) is 4.99. The Morgan fingerprint density at radius 2 is 1.28 bits per heavy atom. The molecule has 1 amide bonds. The van der Waals surface area contributed by atoms with Crippen LogP contribution in [0.2, 0.25) is 0 Å². The van der Waals surface area contributed by atoms with Gasteiger partial charge in [-0.25, -0.2) is 0 Å². The number of carbonyl (C=O) groups excluding carboxylic acids is 2. The summed E-state index contributed by atoms with van der Waals surface area (Å²) in [4.78, 5) is 27.2. The Morgan fingerprint density at radius 1 is 0.759 bits per heavy atom. The van der Waals surface area contributed by atoms with E-state index >= 15 is 0 Å². The van der Waals surface area contributed by atoms with Crippen LogP contribution in [-0.4, -0.2) is 43.3 Å². The lowest BCUT2D eigenvalue weighted by atomic mass is 10.0. The van der Waals surface area contributed by atoms with Crippen LogP contribution in [-0.2, 0) is 6.42 Å². The molecule has 0 saturated heterocycles. The molecule has 4 heteroatoms. The zero-order valence-electron chi connectivity index (χ0n) is 16.8. The van der Waals surface area contributed by atoms with Gasteiger partial charge in [0.15, 0.2) is 5.78 Å². The summed E-state index contributed by atoms with van der Waals surface area (Å²) in [5.41, 5.74) is 3.00. The highest BCUT2D eigenvalue weighted by Gasteiger charge is 2.15. The van der Waals surface area contributed by atoms with Crippen molar-refractivity contribution in [2.75, 3.05) is 20.6 Å². The standard InChI is InChI=1S/C25H26N2O2/c1-27(2)23(17-19-9-5-3-6-10-19)18-26-25(29)22-15-13-21(14-16-22)24(28)20-11-7-4-8-12-20/h3-16,23H,17-18H2,1-2H3,(H,26,29)/t23-/m1/s1. The van der Waals surface area contributed by atoms with E-state index in [-0.39, 0.29) is 17.7 Å². The largest absolute Gasteiger partial charge is 0.350 e. The minimum Gasteiger partial charge on any atom is -0.350 e. The zero-order valence-corrected chi connectivity index (χ0v) is 16.8. The fraction of sp³-hybridized carbons (Fsp3) is 0.200. The second kappa shape index (κ2) is 9.80. The van der Waals surface area contributed by atoms with E-state index in [9.17, 15) is 9.59 Å². The monoisotopic (exact) mass is 386 g/mol. The number of amides is 1. The summed E-state index contributed by atoms with van der Waals surface area (Å²) in [6, 6.07) is 26.4. The molecule has 3 rings (SSSR count). The van der Waals surface area contributed by atoms with Crippen molar-refractivity contribution in [1.82, 2.24) is 10.2 Å². The number of ketones is 1. The van der Waals surface area contributed by atoms with Crippen molar-refractivity contribution in [3.63, 3.8) is 0 Å². The van der Waals surface area contributed by atoms with Crippen molar-refractivity contribution in [2.45, 2.75) is 12.5 Å². The molecule has 0 unspecified atom stereocenters. The summed E-state index contributed by atoms with van der Waals surface area (Å²) in [6.45, 7) is 0.547. The van der Waals surface area contributed by atoms with Crippen LogP contribution in [0, 0.1) is 0 Å². The maximum atomic E-state index is 12.6. The number of benzene rings is 3. The summed E-state index contributed by atoms with van der Waals surface area (Å²) in [6.07, 6.45) is 0.860. The first kappa shape index (κ1) is 20.5. The van der Waals surface area contributed by atoms with Gasteiger partial charge >= 0.3 is 0 Å². The van der Waals surface area contributed by atoms with Gasteiger partial charge in [0.25, 0.3) is 5.91 Å². The average Bonchev–Trinajstić information content (AvgIpc) is 2.77. The number of hydrogen-bond acceptors (Lipinski definition) is 3. The third-order valence-corrected chi connectivity index (χ3v) is 4.99. The van der Waals surface area contributed by atoms with Gasteiger partial charge in [-0.15, -0.1) is 0 Å². The number of hydrogen-bond donors (Lipinski definition) is 1. The highest BCUT2D eigenvalue weighted by atomic mass is 16.1. The maximum Gasteiger partial charge on any atom is 0.251 e. The SMILES string of the molecule is CN(C)[C@@H](CNC(=O)c1ccc(C(=O)c2ccccc2)cc1)Cc1ccccc1. The molecule has 0 aliphatic heterocycles. The van der Waals surface area contributed by atoms with E-state index in [1.165, 1.54) is 5.56 Å².